The molecule has 4 rings (SSSR count). The van der Waals surface area contributed by atoms with Crippen LogP contribution in [0.1, 0.15) is 56.8 Å². The van der Waals surface area contributed by atoms with Crippen LogP contribution in [0, 0.1) is 0 Å². The van der Waals surface area contributed by atoms with E-state index >= 15 is 0 Å². The highest BCUT2D eigenvalue weighted by Crippen LogP contribution is 2.40. The predicted octanol–water partition coefficient (Wildman–Crippen LogP) is 3.56. The number of halogens is 3. The fourth-order valence-electron chi connectivity index (χ4n) is 4.42. The molecule has 4 heterocycles. The van der Waals surface area contributed by atoms with Gasteiger partial charge in [-0.25, -0.2) is 4.98 Å². The smallest absolute Gasteiger partial charge is 0.366 e. The Hall–Kier alpha value is -2.36. The second-order valence-electron chi connectivity index (χ2n) is 8.42. The molecule has 0 radical (unpaired) electrons. The van der Waals surface area contributed by atoms with Gasteiger partial charge in [0.1, 0.15) is 0 Å². The molecule has 2 fully saturated rings. The Bertz CT molecular complexity index is 919. The number of H-pyrrole nitrogens is 1. The number of rotatable bonds is 5. The zero-order chi connectivity index (χ0) is 21.5. The summed E-state index contributed by atoms with van der Waals surface area (Å²) >= 11 is 0. The number of hydrogen-bond donors (Lipinski definition) is 2. The van der Waals surface area contributed by atoms with Gasteiger partial charge in [-0.05, 0) is 58.7 Å². The standard InChI is InChI=1S/C20H27F3N6O/c1-12(2)24-18-17-13(20(21,22)23)10-14(25-19(17)27-26-18)15-6-5-9-29(15)16(30)11-28-7-3-4-8-28/h10,12,15H,3-9,11H2,1-2H3,(H2,24,25,26,27)/t15-/m1/s1. The molecule has 2 aliphatic rings. The van der Waals surface area contributed by atoms with E-state index in [-0.39, 0.29) is 34.5 Å². The van der Waals surface area contributed by atoms with Gasteiger partial charge in [0.25, 0.3) is 0 Å². The molecular weight excluding hydrogens is 397 g/mol. The summed E-state index contributed by atoms with van der Waals surface area (Å²) < 4.78 is 41.8. The third-order valence-corrected chi connectivity index (χ3v) is 5.75. The molecule has 0 unspecified atom stereocenters. The highest BCUT2D eigenvalue weighted by Gasteiger charge is 2.38. The van der Waals surface area contributed by atoms with E-state index in [0.29, 0.717) is 19.5 Å². The summed E-state index contributed by atoms with van der Waals surface area (Å²) in [7, 11) is 0. The van der Waals surface area contributed by atoms with Gasteiger partial charge in [0.2, 0.25) is 5.91 Å². The van der Waals surface area contributed by atoms with E-state index in [1.165, 1.54) is 0 Å². The van der Waals surface area contributed by atoms with Crippen molar-refractivity contribution >= 4 is 22.8 Å². The van der Waals surface area contributed by atoms with Gasteiger partial charge in [-0.3, -0.25) is 14.8 Å². The maximum atomic E-state index is 13.9. The van der Waals surface area contributed by atoms with Crippen molar-refractivity contribution in [1.82, 2.24) is 25.0 Å². The van der Waals surface area contributed by atoms with Crippen molar-refractivity contribution in [2.75, 3.05) is 31.5 Å². The molecule has 30 heavy (non-hydrogen) atoms. The number of aromatic nitrogens is 3. The largest absolute Gasteiger partial charge is 0.417 e. The lowest BCUT2D eigenvalue weighted by atomic mass is 10.0. The number of nitrogens with zero attached hydrogens (tertiary/aromatic N) is 4. The zero-order valence-corrected chi connectivity index (χ0v) is 17.2. The van der Waals surface area contributed by atoms with Gasteiger partial charge in [-0.2, -0.15) is 18.3 Å². The maximum absolute atomic E-state index is 13.9. The van der Waals surface area contributed by atoms with Crippen LogP contribution in [0.5, 0.6) is 0 Å². The quantitative estimate of drug-likeness (QED) is 0.768. The lowest BCUT2D eigenvalue weighted by molar-refractivity contribution is -0.136. The fourth-order valence-corrected chi connectivity index (χ4v) is 4.42. The summed E-state index contributed by atoms with van der Waals surface area (Å²) in [5.74, 6) is 0.0985. The van der Waals surface area contributed by atoms with Gasteiger partial charge in [-0.1, -0.05) is 0 Å². The maximum Gasteiger partial charge on any atom is 0.417 e. The number of aromatic amines is 1. The minimum Gasteiger partial charge on any atom is -0.366 e. The van der Waals surface area contributed by atoms with E-state index in [0.717, 1.165) is 38.4 Å². The highest BCUT2D eigenvalue weighted by molar-refractivity contribution is 5.91. The molecule has 164 valence electrons. The van der Waals surface area contributed by atoms with Crippen molar-refractivity contribution in [3.63, 3.8) is 0 Å². The van der Waals surface area contributed by atoms with Gasteiger partial charge >= 0.3 is 6.18 Å². The predicted molar refractivity (Wildman–Crippen MR) is 107 cm³/mol. The first-order valence-electron chi connectivity index (χ1n) is 10.5. The van der Waals surface area contributed by atoms with Crippen LogP contribution in [0.2, 0.25) is 0 Å². The third-order valence-electron chi connectivity index (χ3n) is 5.75. The SMILES string of the molecule is CC(C)Nc1n[nH]c2nc([C@H]3CCCN3C(=O)CN3CCCC3)cc(C(F)(F)F)c12. The number of anilines is 1. The number of amides is 1. The molecule has 0 aliphatic carbocycles. The Kier molecular flexibility index (Phi) is 5.61. The molecule has 2 aromatic rings. The number of nitrogens with one attached hydrogen (secondary N) is 2. The lowest BCUT2D eigenvalue weighted by Crippen LogP contribution is -2.39. The molecule has 0 spiro atoms. The number of carbonyl (C=O) groups excluding carboxylic acids is 1. The van der Waals surface area contributed by atoms with Crippen molar-refractivity contribution in [2.24, 2.45) is 0 Å². The Morgan fingerprint density at radius 2 is 2.00 bits per heavy atom. The Balaban J connectivity index is 1.68. The molecule has 1 atom stereocenters. The van der Waals surface area contributed by atoms with Crippen molar-refractivity contribution in [3.8, 4) is 0 Å². The van der Waals surface area contributed by atoms with Crippen LogP contribution in [-0.4, -0.2) is 63.1 Å². The molecule has 2 aliphatic heterocycles. The first-order chi connectivity index (χ1) is 14.2. The van der Waals surface area contributed by atoms with Crippen LogP contribution in [-0.2, 0) is 11.0 Å². The van der Waals surface area contributed by atoms with E-state index in [1.807, 2.05) is 13.8 Å². The van der Waals surface area contributed by atoms with Gasteiger partial charge in [0, 0.05) is 12.6 Å². The summed E-state index contributed by atoms with van der Waals surface area (Å²) in [6.07, 6.45) is -1.05. The molecular formula is C20H27F3N6O. The molecule has 2 N–H and O–H groups in total. The second kappa shape index (κ2) is 8.05. The fraction of sp³-hybridized carbons (Fsp3) is 0.650. The van der Waals surface area contributed by atoms with Crippen LogP contribution < -0.4 is 5.32 Å². The summed E-state index contributed by atoms with van der Waals surface area (Å²) in [6.45, 7) is 6.31. The minimum absolute atomic E-state index is 0.0402. The van der Waals surface area contributed by atoms with Crippen molar-refractivity contribution in [1.29, 1.82) is 0 Å². The number of carbonyl (C=O) groups is 1. The molecule has 2 saturated heterocycles. The first kappa shape index (κ1) is 20.9. The van der Waals surface area contributed by atoms with E-state index in [2.05, 4.69) is 25.4 Å². The van der Waals surface area contributed by atoms with E-state index in [9.17, 15) is 18.0 Å². The second-order valence-corrected chi connectivity index (χ2v) is 8.42. The number of alkyl halides is 3. The van der Waals surface area contributed by atoms with Crippen LogP contribution in [0.3, 0.4) is 0 Å². The minimum atomic E-state index is -4.56. The van der Waals surface area contributed by atoms with Crippen LogP contribution in [0.4, 0.5) is 19.0 Å². The average molecular weight is 424 g/mol. The number of likely N-dealkylation sites (tertiary alicyclic amines) is 2. The summed E-state index contributed by atoms with van der Waals surface area (Å²) in [5, 5.41) is 9.53. The normalized spacial score (nSPS) is 20.6. The summed E-state index contributed by atoms with van der Waals surface area (Å²) in [5.41, 5.74) is -0.429. The zero-order valence-electron chi connectivity index (χ0n) is 17.2. The molecule has 7 nitrogen and oxygen atoms in total. The highest BCUT2D eigenvalue weighted by atomic mass is 19.4. The monoisotopic (exact) mass is 424 g/mol. The number of fused-ring (bicyclic) bond motifs is 1. The summed E-state index contributed by atoms with van der Waals surface area (Å²) in [4.78, 5) is 21.1. The first-order valence-corrected chi connectivity index (χ1v) is 10.5. The average Bonchev–Trinajstić information content (AvgIpc) is 3.40. The van der Waals surface area contributed by atoms with Crippen LogP contribution in [0.25, 0.3) is 11.0 Å². The van der Waals surface area contributed by atoms with Crippen LogP contribution in [0.15, 0.2) is 6.07 Å². The molecule has 2 aromatic heterocycles. The topological polar surface area (TPSA) is 77.1 Å². The third kappa shape index (κ3) is 4.10. The Labute approximate surface area is 173 Å². The Morgan fingerprint density at radius 1 is 1.27 bits per heavy atom. The van der Waals surface area contributed by atoms with Crippen molar-refractivity contribution < 1.29 is 18.0 Å². The Morgan fingerprint density at radius 3 is 2.67 bits per heavy atom. The van der Waals surface area contributed by atoms with Gasteiger partial charge in [0.05, 0.1) is 29.2 Å². The van der Waals surface area contributed by atoms with Gasteiger partial charge in [-0.15, -0.1) is 0 Å². The lowest BCUT2D eigenvalue weighted by Gasteiger charge is -2.27. The van der Waals surface area contributed by atoms with Gasteiger partial charge in [0.15, 0.2) is 11.5 Å². The molecule has 0 saturated carbocycles. The molecule has 0 bridgehead atoms. The van der Waals surface area contributed by atoms with E-state index in [1.54, 1.807) is 4.90 Å². The molecule has 0 aromatic carbocycles. The summed E-state index contributed by atoms with van der Waals surface area (Å²) in [6, 6.07) is 0.566. The number of hydrogen-bond acceptors (Lipinski definition) is 5. The van der Waals surface area contributed by atoms with Crippen molar-refractivity contribution in [3.05, 3.63) is 17.3 Å². The molecule has 10 heteroatoms. The van der Waals surface area contributed by atoms with Gasteiger partial charge < -0.3 is 10.2 Å². The molecule has 1 amide bonds. The van der Waals surface area contributed by atoms with Crippen molar-refractivity contribution in [2.45, 2.75) is 57.8 Å². The van der Waals surface area contributed by atoms with E-state index < -0.39 is 17.8 Å². The number of pyridine rings is 1. The van der Waals surface area contributed by atoms with E-state index in [4.69, 9.17) is 0 Å². The van der Waals surface area contributed by atoms with Crippen LogP contribution >= 0.6 is 0 Å².